The van der Waals surface area contributed by atoms with Crippen LogP contribution in [0.4, 0.5) is 0 Å². The molecule has 2 nitrogen and oxygen atoms in total. The first-order chi connectivity index (χ1) is 9.94. The Morgan fingerprint density at radius 2 is 1.19 bits per heavy atom. The maximum atomic E-state index is 6.18. The summed E-state index contributed by atoms with van der Waals surface area (Å²) in [5.74, 6) is 4.16. The second-order valence-electron chi connectivity index (χ2n) is 6.12. The van der Waals surface area contributed by atoms with Gasteiger partial charge in [-0.15, -0.1) is 0 Å². The van der Waals surface area contributed by atoms with Crippen LogP contribution in [0.25, 0.3) is 0 Å². The highest BCUT2D eigenvalue weighted by Crippen LogP contribution is 2.35. The molecule has 1 aliphatic heterocycles. The fourth-order valence-electron chi connectivity index (χ4n) is 3.25. The van der Waals surface area contributed by atoms with Gasteiger partial charge in [0.1, 0.15) is 0 Å². The molecule has 3 rings (SSSR count). The molecule has 0 bridgehead atoms. The van der Waals surface area contributed by atoms with Gasteiger partial charge in [0.15, 0.2) is 0 Å². The molecule has 1 aliphatic rings. The first kappa shape index (κ1) is 14.5. The van der Waals surface area contributed by atoms with E-state index in [9.17, 15) is 0 Å². The molecule has 3 heteroatoms. The van der Waals surface area contributed by atoms with E-state index in [0.717, 1.165) is 17.9 Å². The van der Waals surface area contributed by atoms with Crippen LogP contribution in [-0.4, -0.2) is 14.8 Å². The Kier molecular flexibility index (Phi) is 3.73. The van der Waals surface area contributed by atoms with Gasteiger partial charge in [0, 0.05) is 6.42 Å². The second-order valence-corrected chi connectivity index (χ2v) is 7.73. The van der Waals surface area contributed by atoms with Gasteiger partial charge in [0.2, 0.25) is 0 Å². The Balaban J connectivity index is 2.19. The Hall–Kier alpha value is -1.43. The fourth-order valence-corrected chi connectivity index (χ4v) is 4.63. The predicted molar refractivity (Wildman–Crippen MR) is 87.5 cm³/mol. The average Bonchev–Trinajstić information content (AvgIpc) is 2.36. The summed E-state index contributed by atoms with van der Waals surface area (Å²) < 4.78 is 12.4. The van der Waals surface area contributed by atoms with Gasteiger partial charge in [0.05, 0.1) is 11.5 Å². The molecule has 0 unspecified atom stereocenters. The molecule has 2 aromatic rings. The normalized spacial score (nSPS) is 13.5. The van der Waals surface area contributed by atoms with E-state index in [1.807, 2.05) is 0 Å². The topological polar surface area (TPSA) is 18.5 Å². The van der Waals surface area contributed by atoms with Gasteiger partial charge in [-0.2, -0.15) is 0 Å². The molecule has 0 fully saturated rings. The Morgan fingerprint density at radius 3 is 1.62 bits per heavy atom. The zero-order valence-corrected chi connectivity index (χ0v) is 14.6. The molecule has 1 heterocycles. The summed E-state index contributed by atoms with van der Waals surface area (Å²) in [5, 5.41) is 0. The minimum Gasteiger partial charge on any atom is -0.612 e. The van der Waals surface area contributed by atoms with Gasteiger partial charge in [-0.3, -0.25) is 0 Å². The first-order valence-electron chi connectivity index (χ1n) is 7.47. The maximum absolute atomic E-state index is 6.18. The van der Waals surface area contributed by atoms with Crippen LogP contribution < -0.4 is 7.58 Å². The minimum atomic E-state index is -1.73. The highest BCUT2D eigenvalue weighted by atomic mass is 27.2. The summed E-state index contributed by atoms with van der Waals surface area (Å²) in [6, 6.07) is 8.86. The molecule has 2 aromatic carbocycles. The zero-order chi connectivity index (χ0) is 15.1. The summed E-state index contributed by atoms with van der Waals surface area (Å²) in [5.41, 5.74) is 7.55. The number of hydrogen-bond donors (Lipinski definition) is 0. The van der Waals surface area contributed by atoms with E-state index in [-0.39, 0.29) is 0 Å². The van der Waals surface area contributed by atoms with Crippen LogP contribution in [0.15, 0.2) is 24.3 Å². The summed E-state index contributed by atoms with van der Waals surface area (Å²) in [7, 11) is 0. The quantitative estimate of drug-likeness (QED) is 0.671. The van der Waals surface area contributed by atoms with E-state index in [4.69, 9.17) is 7.58 Å². The van der Waals surface area contributed by atoms with Crippen molar-refractivity contribution in [3.63, 3.8) is 0 Å². The molecule has 0 N–H and O–H groups in total. The van der Waals surface area contributed by atoms with Crippen molar-refractivity contribution < 1.29 is 7.58 Å². The van der Waals surface area contributed by atoms with Crippen LogP contribution in [0.1, 0.15) is 33.4 Å². The molecule has 0 saturated heterocycles. The number of hydrogen-bond acceptors (Lipinski definition) is 2. The van der Waals surface area contributed by atoms with Crippen molar-refractivity contribution in [3.8, 4) is 11.5 Å². The van der Waals surface area contributed by atoms with E-state index < -0.39 is 14.8 Å². The van der Waals surface area contributed by atoms with Crippen LogP contribution in [0.2, 0.25) is 5.79 Å². The predicted octanol–water partition coefficient (Wildman–Crippen LogP) is 4.40. The Labute approximate surface area is 131 Å². The number of rotatable bonds is 0. The molecular formula is C18H21AlO2. The molecule has 0 radical (unpaired) electrons. The van der Waals surface area contributed by atoms with Crippen LogP contribution in [0.3, 0.4) is 0 Å². The van der Waals surface area contributed by atoms with Crippen LogP contribution >= 0.6 is 0 Å². The van der Waals surface area contributed by atoms with Crippen molar-refractivity contribution >= 4 is 14.8 Å². The van der Waals surface area contributed by atoms with Crippen molar-refractivity contribution in [1.82, 2.24) is 0 Å². The van der Waals surface area contributed by atoms with Gasteiger partial charge in [-0.05, 0) is 55.7 Å². The van der Waals surface area contributed by atoms with E-state index in [1.54, 1.807) is 0 Å². The molecule has 0 aliphatic carbocycles. The molecule has 0 aromatic heterocycles. The van der Waals surface area contributed by atoms with Crippen LogP contribution in [0.5, 0.6) is 11.5 Å². The van der Waals surface area contributed by atoms with Gasteiger partial charge in [-0.25, -0.2) is 0 Å². The highest BCUT2D eigenvalue weighted by Gasteiger charge is 2.30. The molecule has 0 atom stereocenters. The maximum Gasteiger partial charge on any atom is 0.853 e. The average molecular weight is 296 g/mol. The lowest BCUT2D eigenvalue weighted by Crippen LogP contribution is -2.29. The van der Waals surface area contributed by atoms with Gasteiger partial charge in [-0.1, -0.05) is 35.4 Å². The summed E-state index contributed by atoms with van der Waals surface area (Å²) in [6.45, 7) is 8.53. The van der Waals surface area contributed by atoms with E-state index >= 15 is 0 Å². The van der Waals surface area contributed by atoms with Crippen LogP contribution in [0, 0.1) is 27.7 Å². The van der Waals surface area contributed by atoms with Crippen molar-refractivity contribution in [2.24, 2.45) is 0 Å². The SMILES string of the molecule is Cc1cc(C)c2c(c1)Cc1cc(C)cc(C)c1[O][Al]([CH3])[O]2. The third-order valence-electron chi connectivity index (χ3n) is 3.94. The van der Waals surface area contributed by atoms with Crippen molar-refractivity contribution in [2.45, 2.75) is 39.9 Å². The van der Waals surface area contributed by atoms with E-state index in [1.165, 1.54) is 33.4 Å². The van der Waals surface area contributed by atoms with Crippen molar-refractivity contribution in [1.29, 1.82) is 0 Å². The van der Waals surface area contributed by atoms with Gasteiger partial charge < -0.3 is 7.58 Å². The van der Waals surface area contributed by atoms with Crippen molar-refractivity contribution in [2.75, 3.05) is 0 Å². The summed E-state index contributed by atoms with van der Waals surface area (Å²) in [6.07, 6.45) is 0.872. The van der Waals surface area contributed by atoms with E-state index in [2.05, 4.69) is 57.7 Å². The van der Waals surface area contributed by atoms with Gasteiger partial charge in [0.25, 0.3) is 0 Å². The van der Waals surface area contributed by atoms with E-state index in [0.29, 0.717) is 0 Å². The largest absolute Gasteiger partial charge is 0.853 e. The molecular weight excluding hydrogens is 275 g/mol. The summed E-state index contributed by atoms with van der Waals surface area (Å²) in [4.78, 5) is 0. The third kappa shape index (κ3) is 2.81. The Bertz CT molecular complexity index is 647. The Morgan fingerprint density at radius 1 is 0.762 bits per heavy atom. The van der Waals surface area contributed by atoms with Crippen LogP contribution in [-0.2, 0) is 6.42 Å². The highest BCUT2D eigenvalue weighted by molar-refractivity contribution is 6.44. The standard InChI is InChI=1S/C17H20O2.CH3.Al/c1-10-5-12(3)16(18)14(7-10)9-15-8-11(2)6-13(4)17(15)19;;/h5-8,18-19H,9H2,1-4H3;1H3;/q;;+2/p-2. The molecule has 0 saturated carbocycles. The smallest absolute Gasteiger partial charge is 0.612 e. The lowest BCUT2D eigenvalue weighted by molar-refractivity contribution is 0.417. The number of fused-ring (bicyclic) bond motifs is 2. The molecule has 0 spiro atoms. The first-order valence-corrected chi connectivity index (χ1v) is 9.57. The number of benzene rings is 2. The monoisotopic (exact) mass is 296 g/mol. The fraction of sp³-hybridized carbons (Fsp3) is 0.333. The molecule has 108 valence electrons. The zero-order valence-electron chi connectivity index (χ0n) is 13.4. The third-order valence-corrected chi connectivity index (χ3v) is 5.08. The van der Waals surface area contributed by atoms with Gasteiger partial charge >= 0.3 is 14.8 Å². The minimum absolute atomic E-state index is 0.872. The lowest BCUT2D eigenvalue weighted by atomic mass is 9.96. The summed E-state index contributed by atoms with van der Waals surface area (Å²) >= 11 is -1.73. The second kappa shape index (κ2) is 5.41. The number of aryl methyl sites for hydroxylation is 4. The molecule has 21 heavy (non-hydrogen) atoms. The van der Waals surface area contributed by atoms with Crippen molar-refractivity contribution in [3.05, 3.63) is 57.6 Å². The lowest BCUT2D eigenvalue weighted by Gasteiger charge is -2.26. The molecule has 0 amide bonds.